The molecule has 0 aromatic heterocycles. The monoisotopic (exact) mass is 388 g/mol. The van der Waals surface area contributed by atoms with Crippen molar-refractivity contribution in [3.8, 4) is 5.75 Å². The van der Waals surface area contributed by atoms with Gasteiger partial charge in [-0.15, -0.1) is 12.4 Å². The fraction of sp³-hybridized carbons (Fsp3) is 0.611. The van der Waals surface area contributed by atoms with Gasteiger partial charge < -0.3 is 20.1 Å². The maximum absolute atomic E-state index is 12.6. The highest BCUT2D eigenvalue weighted by molar-refractivity contribution is 6.30. The number of likely N-dealkylation sites (tertiary alicyclic amines) is 1. The van der Waals surface area contributed by atoms with E-state index in [0.717, 1.165) is 38.0 Å². The van der Waals surface area contributed by atoms with Crippen LogP contribution in [0.1, 0.15) is 18.4 Å². The molecule has 2 N–H and O–H groups in total. The Hall–Kier alpha value is -1.01. The van der Waals surface area contributed by atoms with Crippen molar-refractivity contribution >= 4 is 29.9 Å². The molecule has 1 aromatic carbocycles. The minimum Gasteiger partial charge on any atom is -0.483 e. The molecule has 140 valence electrons. The quantitative estimate of drug-likeness (QED) is 0.830. The SMILES string of the molecule is Cc1cc(Cl)ccc1OCC(=O)N1CC(CO)C2(CCNCC2)C1.Cl. The van der Waals surface area contributed by atoms with E-state index in [4.69, 9.17) is 16.3 Å². The number of nitrogens with one attached hydrogen (secondary N) is 1. The number of amides is 1. The van der Waals surface area contributed by atoms with E-state index in [2.05, 4.69) is 5.32 Å². The molecule has 0 saturated carbocycles. The predicted molar refractivity (Wildman–Crippen MR) is 101 cm³/mol. The lowest BCUT2D eigenvalue weighted by atomic mass is 9.71. The molecule has 1 unspecified atom stereocenters. The fourth-order valence-electron chi connectivity index (χ4n) is 3.97. The highest BCUT2D eigenvalue weighted by atomic mass is 35.5. The highest BCUT2D eigenvalue weighted by Gasteiger charge is 2.47. The van der Waals surface area contributed by atoms with Crippen LogP contribution in [0.25, 0.3) is 0 Å². The Morgan fingerprint density at radius 2 is 2.16 bits per heavy atom. The van der Waals surface area contributed by atoms with E-state index in [-0.39, 0.29) is 42.9 Å². The number of hydrogen-bond donors (Lipinski definition) is 2. The maximum atomic E-state index is 12.6. The van der Waals surface area contributed by atoms with Crippen molar-refractivity contribution < 1.29 is 14.6 Å². The molecule has 2 heterocycles. The molecule has 0 aliphatic carbocycles. The largest absolute Gasteiger partial charge is 0.483 e. The first-order chi connectivity index (χ1) is 11.5. The van der Waals surface area contributed by atoms with Gasteiger partial charge in [-0.3, -0.25) is 4.79 Å². The number of piperidine rings is 1. The molecule has 1 spiro atoms. The van der Waals surface area contributed by atoms with Crippen molar-refractivity contribution in [2.75, 3.05) is 39.4 Å². The van der Waals surface area contributed by atoms with E-state index >= 15 is 0 Å². The van der Waals surface area contributed by atoms with Gasteiger partial charge in [0.25, 0.3) is 5.91 Å². The zero-order valence-electron chi connectivity index (χ0n) is 14.5. The Morgan fingerprint density at radius 1 is 1.44 bits per heavy atom. The molecule has 1 aromatic rings. The van der Waals surface area contributed by atoms with E-state index < -0.39 is 0 Å². The number of carbonyl (C=O) groups is 1. The first-order valence-electron chi connectivity index (χ1n) is 8.52. The van der Waals surface area contributed by atoms with Crippen LogP contribution in [0, 0.1) is 18.3 Å². The van der Waals surface area contributed by atoms with Crippen molar-refractivity contribution in [2.24, 2.45) is 11.3 Å². The van der Waals surface area contributed by atoms with Gasteiger partial charge in [-0.05, 0) is 62.0 Å². The summed E-state index contributed by atoms with van der Waals surface area (Å²) in [5.74, 6) is 0.835. The number of nitrogens with zero attached hydrogens (tertiary/aromatic N) is 1. The number of rotatable bonds is 4. The number of aliphatic hydroxyl groups excluding tert-OH is 1. The standard InChI is InChI=1S/C18H25ClN2O3.ClH/c1-13-8-15(19)2-3-16(13)24-11-17(23)21-9-14(10-22)18(12-21)4-6-20-7-5-18;/h2-3,8,14,20,22H,4-7,9-12H2,1H3;1H. The van der Waals surface area contributed by atoms with Crippen LogP contribution in [-0.4, -0.2) is 55.3 Å². The Labute approximate surface area is 160 Å². The summed E-state index contributed by atoms with van der Waals surface area (Å²) in [6.45, 7) is 5.33. The Morgan fingerprint density at radius 3 is 2.80 bits per heavy atom. The topological polar surface area (TPSA) is 61.8 Å². The van der Waals surface area contributed by atoms with Crippen LogP contribution in [0.2, 0.25) is 5.02 Å². The Bertz CT molecular complexity index is 606. The van der Waals surface area contributed by atoms with Gasteiger partial charge in [0.15, 0.2) is 6.61 Å². The third-order valence-corrected chi connectivity index (χ3v) is 5.71. The second-order valence-electron chi connectivity index (χ2n) is 6.96. The second kappa shape index (κ2) is 8.58. The summed E-state index contributed by atoms with van der Waals surface area (Å²) in [7, 11) is 0. The third kappa shape index (κ3) is 4.40. The van der Waals surface area contributed by atoms with Crippen LogP contribution in [-0.2, 0) is 4.79 Å². The first kappa shape index (κ1) is 20.3. The smallest absolute Gasteiger partial charge is 0.260 e. The summed E-state index contributed by atoms with van der Waals surface area (Å²) in [5, 5.41) is 13.8. The van der Waals surface area contributed by atoms with Gasteiger partial charge in [0, 0.05) is 30.6 Å². The van der Waals surface area contributed by atoms with Gasteiger partial charge in [-0.2, -0.15) is 0 Å². The average molecular weight is 389 g/mol. The number of aryl methyl sites for hydroxylation is 1. The minimum absolute atomic E-state index is 0. The van der Waals surface area contributed by atoms with E-state index in [1.165, 1.54) is 0 Å². The fourth-order valence-corrected chi connectivity index (χ4v) is 4.20. The number of hydrogen-bond acceptors (Lipinski definition) is 4. The molecule has 2 fully saturated rings. The predicted octanol–water partition coefficient (Wildman–Crippen LogP) is 2.27. The van der Waals surface area contributed by atoms with Crippen LogP contribution in [0.3, 0.4) is 0 Å². The molecule has 3 rings (SSSR count). The van der Waals surface area contributed by atoms with Gasteiger partial charge >= 0.3 is 0 Å². The molecule has 0 radical (unpaired) electrons. The van der Waals surface area contributed by atoms with Gasteiger partial charge in [0.05, 0.1) is 0 Å². The lowest BCUT2D eigenvalue weighted by Crippen LogP contribution is -2.43. The molecular formula is C18H26Cl2N2O3. The van der Waals surface area contributed by atoms with Crippen molar-refractivity contribution in [1.82, 2.24) is 10.2 Å². The van der Waals surface area contributed by atoms with Crippen LogP contribution in [0.15, 0.2) is 18.2 Å². The summed E-state index contributed by atoms with van der Waals surface area (Å²) in [4.78, 5) is 14.4. The van der Waals surface area contributed by atoms with Crippen LogP contribution in [0.5, 0.6) is 5.75 Å². The van der Waals surface area contributed by atoms with Gasteiger partial charge in [0.1, 0.15) is 5.75 Å². The maximum Gasteiger partial charge on any atom is 0.260 e. The van der Waals surface area contributed by atoms with Crippen LogP contribution < -0.4 is 10.1 Å². The number of carbonyl (C=O) groups excluding carboxylic acids is 1. The molecule has 1 amide bonds. The van der Waals surface area contributed by atoms with Crippen molar-refractivity contribution in [3.63, 3.8) is 0 Å². The second-order valence-corrected chi connectivity index (χ2v) is 7.40. The molecule has 7 heteroatoms. The number of benzene rings is 1. The molecule has 1 atom stereocenters. The third-order valence-electron chi connectivity index (χ3n) is 5.47. The van der Waals surface area contributed by atoms with Gasteiger partial charge in [-0.1, -0.05) is 11.6 Å². The zero-order valence-corrected chi connectivity index (χ0v) is 16.0. The van der Waals surface area contributed by atoms with Crippen LogP contribution in [0.4, 0.5) is 0 Å². The van der Waals surface area contributed by atoms with Crippen molar-refractivity contribution in [2.45, 2.75) is 19.8 Å². The zero-order chi connectivity index (χ0) is 17.2. The first-order valence-corrected chi connectivity index (χ1v) is 8.90. The van der Waals surface area contributed by atoms with Gasteiger partial charge in [0.2, 0.25) is 0 Å². The minimum atomic E-state index is -0.0155. The molecule has 25 heavy (non-hydrogen) atoms. The molecule has 2 saturated heterocycles. The molecule has 5 nitrogen and oxygen atoms in total. The van der Waals surface area contributed by atoms with E-state index in [9.17, 15) is 9.90 Å². The summed E-state index contributed by atoms with van der Waals surface area (Å²) < 4.78 is 5.69. The normalized spacial score (nSPS) is 21.9. The lowest BCUT2D eigenvalue weighted by molar-refractivity contribution is -0.132. The molecule has 2 aliphatic heterocycles. The molecule has 2 aliphatic rings. The van der Waals surface area contributed by atoms with Gasteiger partial charge in [-0.25, -0.2) is 0 Å². The number of halogens is 2. The molecule has 0 bridgehead atoms. The van der Waals surface area contributed by atoms with Crippen LogP contribution >= 0.6 is 24.0 Å². The summed E-state index contributed by atoms with van der Waals surface area (Å²) >= 11 is 5.94. The average Bonchev–Trinajstić information content (AvgIpc) is 2.92. The van der Waals surface area contributed by atoms with E-state index in [1.807, 2.05) is 17.9 Å². The summed E-state index contributed by atoms with van der Waals surface area (Å²) in [6.07, 6.45) is 2.03. The van der Waals surface area contributed by atoms with Crippen molar-refractivity contribution in [1.29, 1.82) is 0 Å². The Kier molecular flexibility index (Phi) is 6.97. The van der Waals surface area contributed by atoms with E-state index in [1.54, 1.807) is 12.1 Å². The van der Waals surface area contributed by atoms with E-state index in [0.29, 0.717) is 17.3 Å². The number of ether oxygens (including phenoxy) is 1. The number of aliphatic hydroxyl groups is 1. The summed E-state index contributed by atoms with van der Waals surface area (Å²) in [6, 6.07) is 5.37. The Balaban J connectivity index is 0.00000225. The lowest BCUT2D eigenvalue weighted by Gasteiger charge is -2.37. The molecular weight excluding hydrogens is 363 g/mol. The highest BCUT2D eigenvalue weighted by Crippen LogP contribution is 2.43. The van der Waals surface area contributed by atoms with Crippen molar-refractivity contribution in [3.05, 3.63) is 28.8 Å². The summed E-state index contributed by atoms with van der Waals surface area (Å²) in [5.41, 5.74) is 0.978.